The van der Waals surface area contributed by atoms with Crippen LogP contribution in [0.15, 0.2) is 41.7 Å². The Kier molecular flexibility index (Phi) is 3.30. The monoisotopic (exact) mass is 251 g/mol. The van der Waals surface area contributed by atoms with Gasteiger partial charge in [0.15, 0.2) is 0 Å². The van der Waals surface area contributed by atoms with Crippen LogP contribution in [-0.2, 0) is 0 Å². The first-order valence-corrected chi connectivity index (χ1v) is 5.08. The molecule has 6 heteroatoms. The van der Waals surface area contributed by atoms with E-state index < -0.39 is 5.82 Å². The van der Waals surface area contributed by atoms with Crippen LogP contribution in [0.1, 0.15) is 0 Å². The predicted octanol–water partition coefficient (Wildman–Crippen LogP) is 4.02. The van der Waals surface area contributed by atoms with Crippen molar-refractivity contribution < 1.29 is 4.39 Å². The maximum absolute atomic E-state index is 12.9. The lowest BCUT2D eigenvalue weighted by Gasteiger charge is -2.06. The number of nitrogens with zero attached hydrogens (tertiary/aromatic N) is 2. The fraction of sp³-hybridized carbons (Fsp3) is 0. The molecule has 1 aromatic heterocycles. The molecule has 0 atom stereocenters. The van der Waals surface area contributed by atoms with E-state index in [1.165, 1.54) is 36.5 Å². The minimum Gasteiger partial charge on any atom is -0.340 e. The molecule has 0 bridgehead atoms. The van der Waals surface area contributed by atoms with Crippen LogP contribution in [0.2, 0.25) is 5.02 Å². The second-order valence-electron chi connectivity index (χ2n) is 3.24. The molecule has 0 amide bonds. The second-order valence-corrected chi connectivity index (χ2v) is 3.65. The van der Waals surface area contributed by atoms with Gasteiger partial charge >= 0.3 is 0 Å². The highest BCUT2D eigenvalue weighted by Gasteiger charge is 2.02. The minimum absolute atomic E-state index is 0.0136. The van der Waals surface area contributed by atoms with E-state index in [0.717, 1.165) is 0 Å². The summed E-state index contributed by atoms with van der Waals surface area (Å²) in [7, 11) is 0. The largest absolute Gasteiger partial charge is 0.340 e. The van der Waals surface area contributed by atoms with Crippen molar-refractivity contribution in [3.63, 3.8) is 0 Å². The van der Waals surface area contributed by atoms with Gasteiger partial charge in [-0.3, -0.25) is 0 Å². The van der Waals surface area contributed by atoms with Gasteiger partial charge in [0.2, 0.25) is 0 Å². The van der Waals surface area contributed by atoms with Crippen molar-refractivity contribution in [1.82, 2.24) is 4.98 Å². The van der Waals surface area contributed by atoms with Gasteiger partial charge in [0.1, 0.15) is 17.3 Å². The van der Waals surface area contributed by atoms with Crippen LogP contribution in [0.5, 0.6) is 0 Å². The Balaban J connectivity index is 2.24. The van der Waals surface area contributed by atoms with Gasteiger partial charge in [0.25, 0.3) is 0 Å². The van der Waals surface area contributed by atoms with Gasteiger partial charge in [-0.15, -0.1) is 4.91 Å². The van der Waals surface area contributed by atoms with Gasteiger partial charge in [-0.1, -0.05) is 11.6 Å². The van der Waals surface area contributed by atoms with Crippen LogP contribution in [0.4, 0.5) is 21.6 Å². The highest BCUT2D eigenvalue weighted by atomic mass is 35.5. The molecule has 1 aromatic carbocycles. The molecule has 17 heavy (non-hydrogen) atoms. The Bertz CT molecular complexity index is 562. The third-order valence-electron chi connectivity index (χ3n) is 2.04. The summed E-state index contributed by atoms with van der Waals surface area (Å²) in [5.74, 6) is -0.0572. The quantitative estimate of drug-likeness (QED) is 0.839. The molecule has 2 aromatic rings. The number of hydrogen-bond acceptors (Lipinski definition) is 4. The van der Waals surface area contributed by atoms with Crippen molar-refractivity contribution in [3.05, 3.63) is 52.3 Å². The highest BCUT2D eigenvalue weighted by molar-refractivity contribution is 6.31. The molecule has 0 spiro atoms. The first kappa shape index (κ1) is 11.5. The fourth-order valence-corrected chi connectivity index (χ4v) is 1.45. The first-order chi connectivity index (χ1) is 8.19. The van der Waals surface area contributed by atoms with E-state index in [-0.39, 0.29) is 10.7 Å². The summed E-state index contributed by atoms with van der Waals surface area (Å²) in [6.07, 6.45) is 1.45. The van der Waals surface area contributed by atoms with Crippen molar-refractivity contribution >= 4 is 28.8 Å². The third kappa shape index (κ3) is 2.76. The molecule has 0 aliphatic rings. The molecule has 0 unspecified atom stereocenters. The van der Waals surface area contributed by atoms with Crippen molar-refractivity contribution in [2.24, 2.45) is 5.18 Å². The molecule has 2 rings (SSSR count). The predicted molar refractivity (Wildman–Crippen MR) is 64.4 cm³/mol. The van der Waals surface area contributed by atoms with Crippen molar-refractivity contribution in [2.45, 2.75) is 0 Å². The fourth-order valence-electron chi connectivity index (χ4n) is 1.27. The van der Waals surface area contributed by atoms with E-state index in [1.54, 1.807) is 0 Å². The van der Waals surface area contributed by atoms with Crippen molar-refractivity contribution in [1.29, 1.82) is 0 Å². The Morgan fingerprint density at radius 3 is 2.82 bits per heavy atom. The summed E-state index contributed by atoms with van der Waals surface area (Å²) in [5.41, 5.74) is 0.836. The Morgan fingerprint density at radius 1 is 1.29 bits per heavy atom. The number of nitrogens with one attached hydrogen (secondary N) is 1. The lowest BCUT2D eigenvalue weighted by molar-refractivity contribution is 0.628. The zero-order valence-electron chi connectivity index (χ0n) is 8.52. The number of hydrogen-bond donors (Lipinski definition) is 1. The maximum atomic E-state index is 12.9. The molecule has 0 radical (unpaired) electrons. The van der Waals surface area contributed by atoms with E-state index in [9.17, 15) is 9.30 Å². The Hall–Kier alpha value is -2.01. The number of aromatic nitrogens is 1. The average Bonchev–Trinajstić information content (AvgIpc) is 2.34. The number of anilines is 2. The summed E-state index contributed by atoms with van der Waals surface area (Å²) < 4.78 is 12.9. The normalized spacial score (nSPS) is 10.0. The minimum atomic E-state index is -0.492. The van der Waals surface area contributed by atoms with Gasteiger partial charge in [0, 0.05) is 18.0 Å². The van der Waals surface area contributed by atoms with Crippen molar-refractivity contribution in [2.75, 3.05) is 5.32 Å². The first-order valence-electron chi connectivity index (χ1n) is 4.70. The lowest BCUT2D eigenvalue weighted by Crippen LogP contribution is -1.93. The SMILES string of the molecule is O=Nc1ccnc(Nc2ccc(F)c(Cl)c2)c1. The maximum Gasteiger partial charge on any atom is 0.141 e. The van der Waals surface area contributed by atoms with E-state index in [1.807, 2.05) is 0 Å². The molecular weight excluding hydrogens is 245 g/mol. The topological polar surface area (TPSA) is 54.4 Å². The summed E-state index contributed by atoms with van der Waals surface area (Å²) in [6.45, 7) is 0. The van der Waals surface area contributed by atoms with E-state index in [2.05, 4.69) is 15.5 Å². The Morgan fingerprint density at radius 2 is 2.12 bits per heavy atom. The number of nitroso groups, excluding NO2 is 1. The van der Waals surface area contributed by atoms with E-state index >= 15 is 0 Å². The van der Waals surface area contributed by atoms with Gasteiger partial charge in [-0.25, -0.2) is 9.37 Å². The number of pyridine rings is 1. The molecule has 0 aliphatic heterocycles. The van der Waals surface area contributed by atoms with Crippen LogP contribution in [-0.4, -0.2) is 4.98 Å². The summed E-state index contributed by atoms with van der Waals surface area (Å²) in [6, 6.07) is 7.15. The molecule has 0 fully saturated rings. The van der Waals surface area contributed by atoms with Crippen LogP contribution in [0.25, 0.3) is 0 Å². The molecule has 1 N–H and O–H groups in total. The molecule has 1 heterocycles. The molecule has 0 aliphatic carbocycles. The number of benzene rings is 1. The van der Waals surface area contributed by atoms with Crippen LogP contribution in [0, 0.1) is 10.7 Å². The molecular formula is C11H7ClFN3O. The summed E-state index contributed by atoms with van der Waals surface area (Å²) in [5, 5.41) is 5.69. The van der Waals surface area contributed by atoms with Gasteiger partial charge < -0.3 is 5.32 Å². The van der Waals surface area contributed by atoms with E-state index in [0.29, 0.717) is 11.5 Å². The third-order valence-corrected chi connectivity index (χ3v) is 2.33. The summed E-state index contributed by atoms with van der Waals surface area (Å²) in [4.78, 5) is 14.3. The molecule has 0 saturated carbocycles. The van der Waals surface area contributed by atoms with Crippen molar-refractivity contribution in [3.8, 4) is 0 Å². The average molecular weight is 252 g/mol. The van der Waals surface area contributed by atoms with Gasteiger partial charge in [-0.2, -0.15) is 0 Å². The van der Waals surface area contributed by atoms with E-state index in [4.69, 9.17) is 11.6 Å². The van der Waals surface area contributed by atoms with Crippen LogP contribution < -0.4 is 5.32 Å². The molecule has 4 nitrogen and oxygen atoms in total. The Labute approximate surface area is 101 Å². The molecule has 0 saturated heterocycles. The highest BCUT2D eigenvalue weighted by Crippen LogP contribution is 2.23. The number of rotatable bonds is 3. The smallest absolute Gasteiger partial charge is 0.141 e. The lowest BCUT2D eigenvalue weighted by atomic mass is 10.3. The van der Waals surface area contributed by atoms with Crippen LogP contribution in [0.3, 0.4) is 0 Å². The van der Waals surface area contributed by atoms with Gasteiger partial charge in [0.05, 0.1) is 5.02 Å². The van der Waals surface area contributed by atoms with Gasteiger partial charge in [-0.05, 0) is 29.4 Å². The molecule has 86 valence electrons. The summed E-state index contributed by atoms with van der Waals surface area (Å²) >= 11 is 5.63. The number of halogens is 2. The standard InChI is InChI=1S/C11H7ClFN3O/c12-9-5-7(1-2-10(9)13)15-11-6-8(16-17)3-4-14-11/h1-6H,(H,14,15). The zero-order chi connectivity index (χ0) is 12.3. The zero-order valence-corrected chi connectivity index (χ0v) is 9.28. The second kappa shape index (κ2) is 4.88. The van der Waals surface area contributed by atoms with Crippen LogP contribution >= 0.6 is 11.6 Å².